The van der Waals surface area contributed by atoms with Gasteiger partial charge in [0.15, 0.2) is 0 Å². The van der Waals surface area contributed by atoms with E-state index in [1.54, 1.807) is 24.3 Å². The molecule has 0 aromatic heterocycles. The number of rotatable bonds is 9. The second-order valence-electron chi connectivity index (χ2n) is 11.3. The number of aryl methyl sites for hydroxylation is 1. The van der Waals surface area contributed by atoms with E-state index in [0.29, 0.717) is 17.5 Å². The molecule has 6 heteroatoms. The molecule has 0 amide bonds. The highest BCUT2D eigenvalue weighted by atomic mass is 16.5. The molecule has 6 nitrogen and oxygen atoms in total. The van der Waals surface area contributed by atoms with E-state index in [1.807, 2.05) is 23.2 Å². The van der Waals surface area contributed by atoms with E-state index >= 15 is 0 Å². The Kier molecular flexibility index (Phi) is 7.66. The van der Waals surface area contributed by atoms with Crippen molar-refractivity contribution in [1.29, 1.82) is 5.26 Å². The Morgan fingerprint density at radius 1 is 1.02 bits per heavy atom. The molecule has 2 unspecified atom stereocenters. The first-order valence-corrected chi connectivity index (χ1v) is 14.6. The SMILES string of the molecule is CN(CCCCc1ccc(C2=NN3C(C(=O)c4ccc(C#N)cc4)Oc4ccccc4C3C2)cc1)C1CCCC1. The zero-order chi connectivity index (χ0) is 27.5. The lowest BCUT2D eigenvalue weighted by atomic mass is 9.95. The van der Waals surface area contributed by atoms with Gasteiger partial charge in [0.2, 0.25) is 5.78 Å². The lowest BCUT2D eigenvalue weighted by Gasteiger charge is -2.37. The molecule has 0 bridgehead atoms. The van der Waals surface area contributed by atoms with Gasteiger partial charge in [0.1, 0.15) is 5.75 Å². The van der Waals surface area contributed by atoms with Gasteiger partial charge in [0, 0.05) is 23.6 Å². The third kappa shape index (κ3) is 5.39. The fourth-order valence-corrected chi connectivity index (χ4v) is 6.31. The molecule has 1 saturated carbocycles. The Morgan fingerprint density at radius 3 is 2.52 bits per heavy atom. The van der Waals surface area contributed by atoms with Crippen LogP contribution in [0, 0.1) is 11.3 Å². The molecule has 2 heterocycles. The summed E-state index contributed by atoms with van der Waals surface area (Å²) in [6.07, 6.45) is 8.87. The molecule has 3 aromatic carbocycles. The van der Waals surface area contributed by atoms with Crippen LogP contribution in [0.5, 0.6) is 5.75 Å². The summed E-state index contributed by atoms with van der Waals surface area (Å²) in [5.74, 6) is 0.559. The van der Waals surface area contributed by atoms with Crippen LogP contribution in [-0.4, -0.2) is 47.3 Å². The van der Waals surface area contributed by atoms with Crippen LogP contribution in [0.3, 0.4) is 0 Å². The molecule has 3 aliphatic rings. The molecular weight excluding hydrogens is 496 g/mol. The van der Waals surface area contributed by atoms with Gasteiger partial charge in [-0.3, -0.25) is 4.79 Å². The van der Waals surface area contributed by atoms with Gasteiger partial charge >= 0.3 is 0 Å². The first-order valence-electron chi connectivity index (χ1n) is 14.6. The maximum atomic E-state index is 13.6. The number of benzene rings is 3. The summed E-state index contributed by atoms with van der Waals surface area (Å²) in [7, 11) is 2.28. The van der Waals surface area contributed by atoms with E-state index in [-0.39, 0.29) is 11.8 Å². The Bertz CT molecular complexity index is 1420. The van der Waals surface area contributed by atoms with Crippen molar-refractivity contribution in [2.24, 2.45) is 5.10 Å². The summed E-state index contributed by atoms with van der Waals surface area (Å²) in [6.45, 7) is 1.18. The Hall–Kier alpha value is -3.95. The largest absolute Gasteiger partial charge is 0.461 e. The molecule has 204 valence electrons. The van der Waals surface area contributed by atoms with Crippen LogP contribution in [0.4, 0.5) is 0 Å². The summed E-state index contributed by atoms with van der Waals surface area (Å²) < 4.78 is 6.23. The Balaban J connectivity index is 1.14. The van der Waals surface area contributed by atoms with E-state index < -0.39 is 6.23 Å². The summed E-state index contributed by atoms with van der Waals surface area (Å²) in [4.78, 5) is 16.1. The number of nitriles is 1. The van der Waals surface area contributed by atoms with Crippen LogP contribution < -0.4 is 4.74 Å². The van der Waals surface area contributed by atoms with Crippen molar-refractivity contribution in [2.45, 2.75) is 69.7 Å². The number of para-hydroxylation sites is 1. The monoisotopic (exact) mass is 532 g/mol. The van der Waals surface area contributed by atoms with Crippen molar-refractivity contribution in [3.63, 3.8) is 0 Å². The molecule has 6 rings (SSSR count). The average Bonchev–Trinajstić information content (AvgIpc) is 3.70. The predicted octanol–water partition coefficient (Wildman–Crippen LogP) is 6.51. The van der Waals surface area contributed by atoms with Crippen molar-refractivity contribution in [1.82, 2.24) is 9.91 Å². The molecule has 2 aliphatic heterocycles. The number of hydrazone groups is 1. The predicted molar refractivity (Wildman–Crippen MR) is 156 cm³/mol. The lowest BCUT2D eigenvalue weighted by molar-refractivity contribution is -0.00455. The third-order valence-corrected chi connectivity index (χ3v) is 8.68. The number of Topliss-reactive ketones (excluding diaryl/α,β-unsaturated/α-hetero) is 1. The van der Waals surface area contributed by atoms with Crippen LogP contribution in [0.2, 0.25) is 0 Å². The van der Waals surface area contributed by atoms with Gasteiger partial charge in [-0.1, -0.05) is 55.3 Å². The number of hydrogen-bond donors (Lipinski definition) is 0. The Morgan fingerprint density at radius 2 is 1.77 bits per heavy atom. The highest BCUT2D eigenvalue weighted by Crippen LogP contribution is 2.43. The lowest BCUT2D eigenvalue weighted by Crippen LogP contribution is -2.45. The van der Waals surface area contributed by atoms with Crippen molar-refractivity contribution < 1.29 is 9.53 Å². The quantitative estimate of drug-likeness (QED) is 0.232. The third-order valence-electron chi connectivity index (χ3n) is 8.68. The minimum absolute atomic E-state index is 0.0659. The zero-order valence-corrected chi connectivity index (χ0v) is 23.1. The summed E-state index contributed by atoms with van der Waals surface area (Å²) in [5, 5.41) is 15.9. The van der Waals surface area contributed by atoms with E-state index in [1.165, 1.54) is 50.6 Å². The standard InChI is InChI=1S/C34H36N4O2/c1-37(28-9-2-3-10-28)21-7-6-8-24-13-17-26(18-14-24)30-22-31-29-11-4-5-12-32(29)40-34(38(31)36-30)33(39)27-19-15-25(23-35)16-20-27/h4-5,11-20,28,31,34H,2-3,6-10,21-22H2,1H3. The van der Waals surface area contributed by atoms with Crippen LogP contribution in [0.15, 0.2) is 77.9 Å². The number of carbonyl (C=O) groups excluding carboxylic acids is 1. The molecule has 2 atom stereocenters. The number of unbranched alkanes of at least 4 members (excludes halogenated alkanes) is 1. The number of fused-ring (bicyclic) bond motifs is 3. The van der Waals surface area contributed by atoms with Gasteiger partial charge in [-0.15, -0.1) is 0 Å². The molecule has 0 N–H and O–H groups in total. The zero-order valence-electron chi connectivity index (χ0n) is 23.1. The van der Waals surface area contributed by atoms with E-state index in [2.05, 4.69) is 48.3 Å². The average molecular weight is 533 g/mol. The van der Waals surface area contributed by atoms with E-state index in [4.69, 9.17) is 15.1 Å². The van der Waals surface area contributed by atoms with Crippen LogP contribution in [-0.2, 0) is 6.42 Å². The number of ether oxygens (including phenoxy) is 1. The molecule has 1 aliphatic carbocycles. The van der Waals surface area contributed by atoms with Crippen molar-refractivity contribution >= 4 is 11.5 Å². The van der Waals surface area contributed by atoms with Gasteiger partial charge in [-0.05, 0) is 87.2 Å². The van der Waals surface area contributed by atoms with Gasteiger partial charge < -0.3 is 9.64 Å². The van der Waals surface area contributed by atoms with E-state index in [9.17, 15) is 4.79 Å². The second-order valence-corrected chi connectivity index (χ2v) is 11.3. The summed E-state index contributed by atoms with van der Waals surface area (Å²) >= 11 is 0. The molecule has 0 spiro atoms. The van der Waals surface area contributed by atoms with Gasteiger partial charge in [0.05, 0.1) is 23.4 Å². The van der Waals surface area contributed by atoms with Crippen molar-refractivity contribution in [3.8, 4) is 11.8 Å². The second kappa shape index (κ2) is 11.7. The summed E-state index contributed by atoms with van der Waals surface area (Å²) in [5.41, 5.74) is 5.47. The highest BCUT2D eigenvalue weighted by Gasteiger charge is 2.43. The molecule has 3 aromatic rings. The Labute approximate surface area is 236 Å². The normalized spacial score (nSPS) is 20.0. The first-order chi connectivity index (χ1) is 19.6. The van der Waals surface area contributed by atoms with E-state index in [0.717, 1.165) is 35.1 Å². The summed E-state index contributed by atoms with van der Waals surface area (Å²) in [6, 6.07) is 26.2. The maximum Gasteiger partial charge on any atom is 0.251 e. The number of carbonyl (C=O) groups is 1. The molecule has 40 heavy (non-hydrogen) atoms. The van der Waals surface area contributed by atoms with Gasteiger partial charge in [-0.25, -0.2) is 5.01 Å². The number of nitrogens with zero attached hydrogens (tertiary/aromatic N) is 4. The molecule has 0 saturated heterocycles. The molecule has 0 radical (unpaired) electrons. The van der Waals surface area contributed by atoms with Crippen molar-refractivity contribution in [2.75, 3.05) is 13.6 Å². The van der Waals surface area contributed by atoms with Crippen molar-refractivity contribution in [3.05, 3.63) is 101 Å². The fourth-order valence-electron chi connectivity index (χ4n) is 6.31. The number of ketones is 1. The number of hydrogen-bond acceptors (Lipinski definition) is 6. The minimum Gasteiger partial charge on any atom is -0.461 e. The smallest absolute Gasteiger partial charge is 0.251 e. The topological polar surface area (TPSA) is 68.9 Å². The fraction of sp³-hybridized carbons (Fsp3) is 0.382. The highest BCUT2D eigenvalue weighted by molar-refractivity contribution is 6.03. The van der Waals surface area contributed by atoms with Gasteiger partial charge in [0.25, 0.3) is 6.23 Å². The van der Waals surface area contributed by atoms with Crippen LogP contribution in [0.1, 0.15) is 83.6 Å². The van der Waals surface area contributed by atoms with Crippen LogP contribution in [0.25, 0.3) is 0 Å². The van der Waals surface area contributed by atoms with Crippen LogP contribution >= 0.6 is 0 Å². The molecular formula is C34H36N4O2. The minimum atomic E-state index is -0.855. The maximum absolute atomic E-state index is 13.6. The first kappa shape index (κ1) is 26.3. The molecule has 1 fully saturated rings. The van der Waals surface area contributed by atoms with Gasteiger partial charge in [-0.2, -0.15) is 10.4 Å².